The summed E-state index contributed by atoms with van der Waals surface area (Å²) in [5.41, 5.74) is -12.3. The first kappa shape index (κ1) is 47.6. The minimum atomic E-state index is -7.22. The normalized spacial score (nSPS) is 11.6. The van der Waals surface area contributed by atoms with Crippen LogP contribution in [0.2, 0.25) is 0 Å². The van der Waals surface area contributed by atoms with E-state index >= 15 is 35.1 Å². The van der Waals surface area contributed by atoms with Gasteiger partial charge in [0.2, 0.25) is 12.3 Å². The van der Waals surface area contributed by atoms with E-state index in [2.05, 4.69) is 26.0 Å². The Morgan fingerprint density at radius 1 is 0.397 bits per heavy atom. The molecule has 6 rings (SSSR count). The highest BCUT2D eigenvalue weighted by Crippen LogP contribution is 2.31. The first-order chi connectivity index (χ1) is 29.4. The number of halogens is 20. The largest absolute Gasteiger partial charge is 0.287 e. The number of ketones is 1. The molecule has 0 atom stereocenters. The van der Waals surface area contributed by atoms with Gasteiger partial charge in [0.15, 0.2) is 82.2 Å². The second-order valence-corrected chi connectivity index (χ2v) is 13.5. The second kappa shape index (κ2) is 17.8. The Morgan fingerprint density at radius 3 is 0.873 bits per heavy atom. The quantitative estimate of drug-likeness (QED) is 0.0374. The fraction of sp³-hybridized carbons (Fsp3) is 0.100. The Balaban J connectivity index is 0.000000345. The highest BCUT2D eigenvalue weighted by molar-refractivity contribution is 7.20. The zero-order valence-corrected chi connectivity index (χ0v) is 31.0. The standard InChI is InChI=1S/C24BF20.C16H18NO/c26-5-1(6(27)14(35)21(42)13(5)34)25(2-7(28)15(36)22(43)16(37)8(2)29,3-9(30)17(38)23(44)18(39)10(3)31)4-11(32)19(40)24(45)20(41)12(4)33;1-13(2)14-8-10-17(11-9-14)12-16(18)15-6-4-3-5-7-15/h;3-11,13H,12H2,1-2H3/q-1;+1. The molecule has 1 aromatic heterocycles. The minimum Gasteiger partial charge on any atom is -0.287 e. The fourth-order valence-electron chi connectivity index (χ4n) is 6.71. The Hall–Kier alpha value is -6.42. The summed E-state index contributed by atoms with van der Waals surface area (Å²) in [5.74, 6) is -70.7. The van der Waals surface area contributed by atoms with Crippen LogP contribution in [0.25, 0.3) is 0 Å². The number of aromatic nitrogens is 1. The third-order valence-electron chi connectivity index (χ3n) is 9.71. The molecular formula is C40H18BF20NO. The van der Waals surface area contributed by atoms with Crippen molar-refractivity contribution in [3.8, 4) is 0 Å². The predicted octanol–water partition coefficient (Wildman–Crippen LogP) is 8.83. The van der Waals surface area contributed by atoms with Crippen LogP contribution in [0.5, 0.6) is 0 Å². The Bertz CT molecular complexity index is 2420. The first-order valence-corrected chi connectivity index (χ1v) is 17.2. The van der Waals surface area contributed by atoms with Gasteiger partial charge in [-0.1, -0.05) is 44.2 Å². The fourth-order valence-corrected chi connectivity index (χ4v) is 6.71. The number of benzene rings is 5. The number of carbonyl (C=O) groups excluding carboxylic acids is 1. The highest BCUT2D eigenvalue weighted by atomic mass is 19.2. The van der Waals surface area contributed by atoms with Crippen LogP contribution in [0.4, 0.5) is 87.8 Å². The molecule has 0 unspecified atom stereocenters. The first-order valence-electron chi connectivity index (χ1n) is 17.2. The third kappa shape index (κ3) is 7.74. The maximum absolute atomic E-state index is 15.4. The van der Waals surface area contributed by atoms with Crippen LogP contribution >= 0.6 is 0 Å². The van der Waals surface area contributed by atoms with E-state index in [1.165, 1.54) is 5.56 Å². The molecule has 0 saturated carbocycles. The molecule has 6 aromatic rings. The molecule has 1 heterocycles. The number of carbonyl (C=O) groups is 1. The second-order valence-electron chi connectivity index (χ2n) is 13.5. The van der Waals surface area contributed by atoms with E-state index in [9.17, 15) is 57.5 Å². The van der Waals surface area contributed by atoms with Crippen LogP contribution < -0.4 is 26.4 Å². The molecule has 2 nitrogen and oxygen atoms in total. The van der Waals surface area contributed by atoms with Crippen molar-refractivity contribution in [2.45, 2.75) is 26.3 Å². The summed E-state index contributed by atoms with van der Waals surface area (Å²) in [6.07, 6.45) is -3.28. The van der Waals surface area contributed by atoms with E-state index in [0.717, 1.165) is 5.56 Å². The van der Waals surface area contributed by atoms with Gasteiger partial charge < -0.3 is 0 Å². The van der Waals surface area contributed by atoms with E-state index < -0.39 is 144 Å². The summed E-state index contributed by atoms with van der Waals surface area (Å²) >= 11 is 0. The van der Waals surface area contributed by atoms with Gasteiger partial charge in [0.05, 0.1) is 0 Å². The van der Waals surface area contributed by atoms with Crippen LogP contribution in [0.1, 0.15) is 35.7 Å². The summed E-state index contributed by atoms with van der Waals surface area (Å²) in [7, 11) is 0. The summed E-state index contributed by atoms with van der Waals surface area (Å²) in [4.78, 5) is 12.0. The number of pyridine rings is 1. The molecule has 0 bridgehead atoms. The lowest BCUT2D eigenvalue weighted by Gasteiger charge is -2.44. The van der Waals surface area contributed by atoms with E-state index in [1.54, 1.807) is 0 Å². The molecule has 0 spiro atoms. The van der Waals surface area contributed by atoms with Crippen LogP contribution in [0, 0.1) is 116 Å². The van der Waals surface area contributed by atoms with Crippen LogP contribution in [0.3, 0.4) is 0 Å². The van der Waals surface area contributed by atoms with E-state index in [0.29, 0.717) is 12.5 Å². The molecule has 0 fully saturated rings. The Labute approximate surface area is 339 Å². The van der Waals surface area contributed by atoms with Crippen LogP contribution in [0.15, 0.2) is 54.9 Å². The molecular weight excluding hydrogens is 901 g/mol. The molecule has 0 amide bonds. The van der Waals surface area contributed by atoms with Gasteiger partial charge in [-0.3, -0.25) is 4.79 Å². The van der Waals surface area contributed by atoms with Crippen molar-refractivity contribution in [2.24, 2.45) is 0 Å². The SMILES string of the molecule is CC(C)c1cc[n+](CC(=O)c2ccccc2)cc1.Fc1c(F)c(F)c([B-](c2c(F)c(F)c(F)c(F)c2F)(c2c(F)c(F)c(F)c(F)c2F)c2c(F)c(F)c(F)c(F)c2F)c(F)c1F. The zero-order valence-electron chi connectivity index (χ0n) is 31.0. The van der Waals surface area contributed by atoms with E-state index in [4.69, 9.17) is 0 Å². The number of nitrogens with zero attached hydrogens (tertiary/aromatic N) is 1. The molecule has 0 aliphatic rings. The van der Waals surface area contributed by atoms with Gasteiger partial charge in [0.25, 0.3) is 0 Å². The molecule has 0 N–H and O–H groups in total. The Kier molecular flexibility index (Phi) is 13.4. The molecule has 23 heteroatoms. The van der Waals surface area contributed by atoms with Gasteiger partial charge in [-0.2, -0.15) is 4.57 Å². The summed E-state index contributed by atoms with van der Waals surface area (Å²) in [6.45, 7) is 4.71. The molecule has 0 aliphatic carbocycles. The predicted molar refractivity (Wildman–Crippen MR) is 181 cm³/mol. The zero-order chi connectivity index (χ0) is 47.3. The Morgan fingerprint density at radius 2 is 0.635 bits per heavy atom. The lowest BCUT2D eigenvalue weighted by molar-refractivity contribution is -0.683. The van der Waals surface area contributed by atoms with Gasteiger partial charge in [0.1, 0.15) is 52.7 Å². The maximum Gasteiger partial charge on any atom is 0.227 e. The summed E-state index contributed by atoms with van der Waals surface area (Å²) < 4.78 is 296. The van der Waals surface area contributed by atoms with Crippen LogP contribution in [-0.2, 0) is 6.54 Å². The summed E-state index contributed by atoms with van der Waals surface area (Å²) in [5, 5.41) is 0. The number of hydrogen-bond acceptors (Lipinski definition) is 1. The number of hydrogen-bond donors (Lipinski definition) is 0. The van der Waals surface area contributed by atoms with Gasteiger partial charge in [0, 0.05) is 17.7 Å². The van der Waals surface area contributed by atoms with Crippen LogP contribution in [-0.4, -0.2) is 11.9 Å². The van der Waals surface area contributed by atoms with E-state index in [1.807, 2.05) is 47.3 Å². The molecule has 0 aliphatic heterocycles. The molecule has 0 saturated heterocycles. The van der Waals surface area contributed by atoms with Crippen molar-refractivity contribution in [2.75, 3.05) is 0 Å². The number of Topliss-reactive ketones (excluding diaryl/α,β-unsaturated/α-hetero) is 1. The van der Waals surface area contributed by atoms with Gasteiger partial charge >= 0.3 is 0 Å². The smallest absolute Gasteiger partial charge is 0.227 e. The topological polar surface area (TPSA) is 20.9 Å². The van der Waals surface area contributed by atoms with Crippen molar-refractivity contribution >= 4 is 33.8 Å². The van der Waals surface area contributed by atoms with Gasteiger partial charge in [-0.25, -0.2) is 87.8 Å². The minimum absolute atomic E-state index is 0.137. The van der Waals surface area contributed by atoms with Crippen molar-refractivity contribution in [3.05, 3.63) is 182 Å². The molecule has 0 radical (unpaired) electrons. The maximum atomic E-state index is 15.4. The highest BCUT2D eigenvalue weighted by Gasteiger charge is 2.52. The molecule has 63 heavy (non-hydrogen) atoms. The van der Waals surface area contributed by atoms with Crippen molar-refractivity contribution < 1.29 is 97.2 Å². The lowest BCUT2D eigenvalue weighted by atomic mass is 9.12. The van der Waals surface area contributed by atoms with Gasteiger partial charge in [-0.05, 0) is 11.5 Å². The monoisotopic (exact) mass is 919 g/mol. The average Bonchev–Trinajstić information content (AvgIpc) is 3.26. The molecule has 5 aromatic carbocycles. The van der Waals surface area contributed by atoms with Gasteiger partial charge in [-0.15, -0.1) is 21.9 Å². The van der Waals surface area contributed by atoms with Crippen molar-refractivity contribution in [1.82, 2.24) is 0 Å². The third-order valence-corrected chi connectivity index (χ3v) is 9.71. The van der Waals surface area contributed by atoms with Crippen molar-refractivity contribution in [1.29, 1.82) is 0 Å². The summed E-state index contributed by atoms with van der Waals surface area (Å²) in [6, 6.07) is 13.5. The van der Waals surface area contributed by atoms with Crippen molar-refractivity contribution in [3.63, 3.8) is 0 Å². The molecule has 332 valence electrons. The van der Waals surface area contributed by atoms with E-state index in [-0.39, 0.29) is 5.78 Å². The average molecular weight is 919 g/mol. The number of rotatable bonds is 8. The lowest BCUT2D eigenvalue weighted by Crippen LogP contribution is -2.81.